The van der Waals surface area contributed by atoms with Gasteiger partial charge in [-0.25, -0.2) is 4.39 Å². The van der Waals surface area contributed by atoms with Gasteiger partial charge in [-0.2, -0.15) is 0 Å². The van der Waals surface area contributed by atoms with E-state index in [0.717, 1.165) is 30.5 Å². The highest BCUT2D eigenvalue weighted by atomic mass is 79.9. The van der Waals surface area contributed by atoms with E-state index in [4.69, 9.17) is 0 Å². The number of alkyl halides is 1. The Bertz CT molecular complexity index is 545. The normalized spacial score (nSPS) is 11.0. The molecule has 0 aliphatic rings. The average Bonchev–Trinajstić information content (AvgIpc) is 2.45. The van der Waals surface area contributed by atoms with Gasteiger partial charge in [0.1, 0.15) is 5.82 Å². The molecule has 0 atom stereocenters. The second-order valence-corrected chi connectivity index (χ2v) is 6.18. The number of benzene rings is 2. The molecule has 0 fully saturated rings. The fourth-order valence-electron chi connectivity index (χ4n) is 2.09. The van der Waals surface area contributed by atoms with Crippen LogP contribution in [0.5, 0.6) is 0 Å². The summed E-state index contributed by atoms with van der Waals surface area (Å²) in [5.41, 5.74) is 2.24. The zero-order valence-corrected chi connectivity index (χ0v) is 14.2. The monoisotopic (exact) mass is 399 g/mol. The molecule has 0 spiro atoms. The molecule has 0 aliphatic carbocycles. The van der Waals surface area contributed by atoms with Crippen molar-refractivity contribution in [2.75, 3.05) is 11.9 Å². The first-order valence-corrected chi connectivity index (χ1v) is 8.37. The lowest BCUT2D eigenvalue weighted by atomic mass is 10.1. The number of hydrogen-bond donors (Lipinski definition) is 0. The third-order valence-corrected chi connectivity index (χ3v) is 4.32. The Labute approximate surface area is 136 Å². The van der Waals surface area contributed by atoms with Gasteiger partial charge in [-0.05, 0) is 33.1 Å². The molecule has 1 nitrogen and oxygen atoms in total. The van der Waals surface area contributed by atoms with E-state index in [0.29, 0.717) is 4.47 Å². The summed E-state index contributed by atoms with van der Waals surface area (Å²) in [5.74, 6) is -0.207. The molecule has 0 N–H and O–H groups in total. The third-order valence-electron chi connectivity index (χ3n) is 3.08. The summed E-state index contributed by atoms with van der Waals surface area (Å²) < 4.78 is 14.1. The molecule has 0 heterocycles. The minimum atomic E-state index is -0.207. The van der Waals surface area contributed by atoms with Gasteiger partial charge in [0.15, 0.2) is 0 Å². The summed E-state index contributed by atoms with van der Waals surface area (Å²) in [7, 11) is 0. The fraction of sp³-hybridized carbons (Fsp3) is 0.250. The number of halogens is 3. The summed E-state index contributed by atoms with van der Waals surface area (Å²) >= 11 is 6.81. The summed E-state index contributed by atoms with van der Waals surface area (Å²) in [4.78, 5) is 2.30. The highest BCUT2D eigenvalue weighted by molar-refractivity contribution is 9.10. The predicted octanol–water partition coefficient (Wildman–Crippen LogP) is 4.99. The Morgan fingerprint density at radius 2 is 1.70 bits per heavy atom. The molecule has 0 bridgehead atoms. The second-order valence-electron chi connectivity index (χ2n) is 4.60. The van der Waals surface area contributed by atoms with E-state index in [1.165, 1.54) is 11.6 Å². The van der Waals surface area contributed by atoms with E-state index >= 15 is 0 Å². The summed E-state index contributed by atoms with van der Waals surface area (Å²) in [6, 6.07) is 15.5. The van der Waals surface area contributed by atoms with E-state index in [9.17, 15) is 4.39 Å². The minimum absolute atomic E-state index is 0.207. The Balaban J connectivity index is 2.11. The molecular formula is C16H16Br2FN. The molecule has 0 amide bonds. The molecular weight excluding hydrogens is 385 g/mol. The maximum atomic E-state index is 13.6. The van der Waals surface area contributed by atoms with Crippen LogP contribution in [0.25, 0.3) is 0 Å². The molecule has 0 unspecified atom stereocenters. The van der Waals surface area contributed by atoms with Crippen molar-refractivity contribution in [2.45, 2.75) is 13.1 Å². The summed E-state index contributed by atoms with van der Waals surface area (Å²) in [5, 5.41) is 0.896. The standard InChI is InChI=1S/C16H16Br2FN/c17-9-10-20(11-13-5-2-1-3-6-13)12-14-7-4-8-15(19)16(14)18/h1-8H,9-12H2. The van der Waals surface area contributed by atoms with Gasteiger partial charge < -0.3 is 0 Å². The zero-order valence-electron chi connectivity index (χ0n) is 11.0. The number of rotatable bonds is 6. The molecule has 2 aromatic carbocycles. The van der Waals surface area contributed by atoms with Crippen molar-refractivity contribution in [3.05, 3.63) is 69.9 Å². The van der Waals surface area contributed by atoms with Crippen molar-refractivity contribution in [1.82, 2.24) is 4.90 Å². The lowest BCUT2D eigenvalue weighted by Gasteiger charge is -2.22. The smallest absolute Gasteiger partial charge is 0.137 e. The molecule has 0 saturated heterocycles. The molecule has 4 heteroatoms. The van der Waals surface area contributed by atoms with E-state index in [-0.39, 0.29) is 5.82 Å². The van der Waals surface area contributed by atoms with Crippen LogP contribution in [0.1, 0.15) is 11.1 Å². The van der Waals surface area contributed by atoms with Crippen molar-refractivity contribution in [3.63, 3.8) is 0 Å². The van der Waals surface area contributed by atoms with Crippen molar-refractivity contribution < 1.29 is 4.39 Å². The predicted molar refractivity (Wildman–Crippen MR) is 88.5 cm³/mol. The SMILES string of the molecule is Fc1cccc(CN(CCBr)Cc2ccccc2)c1Br. The molecule has 20 heavy (non-hydrogen) atoms. The van der Waals surface area contributed by atoms with Crippen molar-refractivity contribution in [1.29, 1.82) is 0 Å². The van der Waals surface area contributed by atoms with Crippen LogP contribution in [0.15, 0.2) is 53.0 Å². The Morgan fingerprint density at radius 3 is 2.40 bits per heavy atom. The van der Waals surface area contributed by atoms with Gasteiger partial charge in [0.25, 0.3) is 0 Å². The third kappa shape index (κ3) is 4.40. The van der Waals surface area contributed by atoms with Crippen LogP contribution in [-0.4, -0.2) is 16.8 Å². The van der Waals surface area contributed by atoms with E-state index < -0.39 is 0 Å². The lowest BCUT2D eigenvalue weighted by Crippen LogP contribution is -2.25. The van der Waals surface area contributed by atoms with Crippen LogP contribution in [0.2, 0.25) is 0 Å². The van der Waals surface area contributed by atoms with Gasteiger partial charge in [-0.15, -0.1) is 0 Å². The van der Waals surface area contributed by atoms with Gasteiger partial charge in [0.2, 0.25) is 0 Å². The quantitative estimate of drug-likeness (QED) is 0.617. The molecule has 0 aromatic heterocycles. The zero-order chi connectivity index (χ0) is 14.4. The van der Waals surface area contributed by atoms with E-state index in [1.54, 1.807) is 6.07 Å². The summed E-state index contributed by atoms with van der Waals surface area (Å²) in [6.45, 7) is 2.49. The van der Waals surface area contributed by atoms with Gasteiger partial charge in [0.05, 0.1) is 4.47 Å². The minimum Gasteiger partial charge on any atom is -0.294 e. The maximum absolute atomic E-state index is 13.6. The number of nitrogens with zero attached hydrogens (tertiary/aromatic N) is 1. The highest BCUT2D eigenvalue weighted by Crippen LogP contribution is 2.22. The van der Waals surface area contributed by atoms with Crippen molar-refractivity contribution >= 4 is 31.9 Å². The largest absolute Gasteiger partial charge is 0.294 e. The van der Waals surface area contributed by atoms with Gasteiger partial charge in [-0.3, -0.25) is 4.90 Å². The highest BCUT2D eigenvalue weighted by Gasteiger charge is 2.11. The van der Waals surface area contributed by atoms with Gasteiger partial charge >= 0.3 is 0 Å². The van der Waals surface area contributed by atoms with E-state index in [1.807, 2.05) is 24.3 Å². The molecule has 106 valence electrons. The molecule has 2 aromatic rings. The second kappa shape index (κ2) is 7.91. The molecule has 2 rings (SSSR count). The first kappa shape index (κ1) is 15.7. The van der Waals surface area contributed by atoms with Gasteiger partial charge in [0, 0.05) is 25.0 Å². The number of hydrogen-bond acceptors (Lipinski definition) is 1. The maximum Gasteiger partial charge on any atom is 0.137 e. The van der Waals surface area contributed by atoms with Crippen LogP contribution in [0.3, 0.4) is 0 Å². The first-order chi connectivity index (χ1) is 9.70. The molecule has 0 aliphatic heterocycles. The molecule has 0 radical (unpaired) electrons. The van der Waals surface area contributed by atoms with Crippen LogP contribution >= 0.6 is 31.9 Å². The fourth-order valence-corrected chi connectivity index (χ4v) is 2.98. The molecule has 0 saturated carbocycles. The Hall–Kier alpha value is -0.710. The van der Waals surface area contributed by atoms with Crippen molar-refractivity contribution in [3.8, 4) is 0 Å². The first-order valence-electron chi connectivity index (χ1n) is 6.46. The summed E-state index contributed by atoms with van der Waals surface area (Å²) in [6.07, 6.45) is 0. The van der Waals surface area contributed by atoms with E-state index in [2.05, 4.69) is 48.9 Å². The van der Waals surface area contributed by atoms with Crippen molar-refractivity contribution in [2.24, 2.45) is 0 Å². The van der Waals surface area contributed by atoms with Crippen LogP contribution in [0, 0.1) is 5.82 Å². The lowest BCUT2D eigenvalue weighted by molar-refractivity contribution is 0.273. The Kier molecular flexibility index (Phi) is 6.20. The average molecular weight is 401 g/mol. The van der Waals surface area contributed by atoms with Crippen LogP contribution in [-0.2, 0) is 13.1 Å². The Morgan fingerprint density at radius 1 is 0.950 bits per heavy atom. The van der Waals surface area contributed by atoms with Crippen LogP contribution < -0.4 is 0 Å². The van der Waals surface area contributed by atoms with Crippen LogP contribution in [0.4, 0.5) is 4.39 Å². The topological polar surface area (TPSA) is 3.24 Å². The van der Waals surface area contributed by atoms with Gasteiger partial charge in [-0.1, -0.05) is 58.4 Å².